The number of aromatic nitrogens is 1. The molecule has 26 heavy (non-hydrogen) atoms. The Bertz CT molecular complexity index is 775. The van der Waals surface area contributed by atoms with Gasteiger partial charge in [-0.25, -0.2) is 9.18 Å². The molecule has 8 heteroatoms. The van der Waals surface area contributed by atoms with Crippen molar-refractivity contribution in [3.63, 3.8) is 0 Å². The van der Waals surface area contributed by atoms with Gasteiger partial charge in [0.15, 0.2) is 5.76 Å². The van der Waals surface area contributed by atoms with Gasteiger partial charge >= 0.3 is 6.09 Å². The van der Waals surface area contributed by atoms with Crippen LogP contribution in [0.3, 0.4) is 0 Å². The predicted molar refractivity (Wildman–Crippen MR) is 95.5 cm³/mol. The molecule has 1 fully saturated rings. The van der Waals surface area contributed by atoms with Crippen molar-refractivity contribution >= 4 is 17.7 Å². The minimum absolute atomic E-state index is 0.0147. The van der Waals surface area contributed by atoms with Crippen LogP contribution in [-0.4, -0.2) is 53.8 Å². The van der Waals surface area contributed by atoms with Crippen LogP contribution < -0.4 is 0 Å². The molecule has 2 heterocycles. The normalized spacial score (nSPS) is 16.5. The molecule has 0 spiro atoms. The zero-order valence-electron chi connectivity index (χ0n) is 14.7. The molecule has 0 saturated carbocycles. The molecule has 1 amide bonds. The molecule has 1 aromatic carbocycles. The van der Waals surface area contributed by atoms with Crippen LogP contribution in [0.15, 0.2) is 28.8 Å². The SMILES string of the molecule is CCOC(=O)N1CCN(C(C)c2cc(-c3cc(Cl)ccc3F)on2)CC1. The van der Waals surface area contributed by atoms with Gasteiger partial charge in [-0.3, -0.25) is 4.90 Å². The summed E-state index contributed by atoms with van der Waals surface area (Å²) in [6, 6.07) is 6.03. The highest BCUT2D eigenvalue weighted by molar-refractivity contribution is 6.30. The molecule has 1 unspecified atom stereocenters. The Morgan fingerprint density at radius 1 is 1.35 bits per heavy atom. The monoisotopic (exact) mass is 381 g/mol. The molecule has 1 aliphatic rings. The average Bonchev–Trinajstić information content (AvgIpc) is 3.13. The van der Waals surface area contributed by atoms with Gasteiger partial charge in [-0.05, 0) is 32.0 Å². The van der Waals surface area contributed by atoms with Crippen molar-refractivity contribution in [2.45, 2.75) is 19.9 Å². The van der Waals surface area contributed by atoms with Gasteiger partial charge in [0.05, 0.1) is 18.2 Å². The topological polar surface area (TPSA) is 58.8 Å². The molecule has 0 radical (unpaired) electrons. The summed E-state index contributed by atoms with van der Waals surface area (Å²) < 4.78 is 24.4. The fourth-order valence-electron chi connectivity index (χ4n) is 2.99. The van der Waals surface area contributed by atoms with Crippen LogP contribution in [0.2, 0.25) is 5.02 Å². The van der Waals surface area contributed by atoms with Crippen molar-refractivity contribution in [1.29, 1.82) is 0 Å². The third-order valence-corrected chi connectivity index (χ3v) is 4.77. The van der Waals surface area contributed by atoms with Gasteiger partial charge < -0.3 is 14.2 Å². The zero-order chi connectivity index (χ0) is 18.7. The first-order valence-electron chi connectivity index (χ1n) is 8.57. The van der Waals surface area contributed by atoms with Crippen LogP contribution in [0.5, 0.6) is 0 Å². The van der Waals surface area contributed by atoms with E-state index in [1.54, 1.807) is 17.9 Å². The van der Waals surface area contributed by atoms with Gasteiger partial charge in [-0.15, -0.1) is 0 Å². The highest BCUT2D eigenvalue weighted by atomic mass is 35.5. The largest absolute Gasteiger partial charge is 0.450 e. The van der Waals surface area contributed by atoms with E-state index in [9.17, 15) is 9.18 Å². The minimum Gasteiger partial charge on any atom is -0.450 e. The minimum atomic E-state index is -0.409. The number of benzene rings is 1. The van der Waals surface area contributed by atoms with E-state index in [0.717, 1.165) is 0 Å². The van der Waals surface area contributed by atoms with Gasteiger partial charge in [0.1, 0.15) is 11.5 Å². The van der Waals surface area contributed by atoms with Crippen molar-refractivity contribution in [3.8, 4) is 11.3 Å². The highest BCUT2D eigenvalue weighted by Gasteiger charge is 2.27. The van der Waals surface area contributed by atoms with Crippen molar-refractivity contribution in [1.82, 2.24) is 15.0 Å². The predicted octanol–water partition coefficient (Wildman–Crippen LogP) is 3.97. The van der Waals surface area contributed by atoms with Crippen molar-refractivity contribution < 1.29 is 18.4 Å². The third kappa shape index (κ3) is 3.99. The van der Waals surface area contributed by atoms with E-state index in [4.69, 9.17) is 20.9 Å². The summed E-state index contributed by atoms with van der Waals surface area (Å²) >= 11 is 5.94. The standard InChI is InChI=1S/C18H21ClFN3O3/c1-3-25-18(24)23-8-6-22(7-9-23)12(2)16-11-17(26-21-16)14-10-13(19)4-5-15(14)20/h4-5,10-12H,3,6-9H2,1-2H3. The van der Waals surface area contributed by atoms with Gasteiger partial charge in [0.2, 0.25) is 0 Å². The Hall–Kier alpha value is -2.12. The van der Waals surface area contributed by atoms with Gasteiger partial charge in [-0.2, -0.15) is 0 Å². The van der Waals surface area contributed by atoms with E-state index in [-0.39, 0.29) is 17.7 Å². The Labute approximate surface area is 156 Å². The lowest BCUT2D eigenvalue weighted by Gasteiger charge is -2.36. The Kier molecular flexibility index (Phi) is 5.78. The number of piperazine rings is 1. The second-order valence-corrected chi connectivity index (χ2v) is 6.57. The second-order valence-electron chi connectivity index (χ2n) is 6.14. The Morgan fingerprint density at radius 2 is 2.08 bits per heavy atom. The maximum atomic E-state index is 14.0. The van der Waals surface area contributed by atoms with Crippen LogP contribution in [-0.2, 0) is 4.74 Å². The molecular formula is C18H21ClFN3O3. The number of amides is 1. The maximum absolute atomic E-state index is 14.0. The number of hydrogen-bond donors (Lipinski definition) is 0. The van der Waals surface area contributed by atoms with Crippen LogP contribution >= 0.6 is 11.6 Å². The van der Waals surface area contributed by atoms with Crippen LogP contribution in [0.4, 0.5) is 9.18 Å². The fraction of sp³-hybridized carbons (Fsp3) is 0.444. The molecular weight excluding hydrogens is 361 g/mol. The molecule has 140 valence electrons. The molecule has 0 bridgehead atoms. The Balaban J connectivity index is 1.66. The van der Waals surface area contributed by atoms with E-state index < -0.39 is 5.82 Å². The number of carbonyl (C=O) groups excluding carboxylic acids is 1. The lowest BCUT2D eigenvalue weighted by atomic mass is 10.1. The first kappa shape index (κ1) is 18.7. The first-order valence-corrected chi connectivity index (χ1v) is 8.95. The molecule has 3 rings (SSSR count). The molecule has 1 saturated heterocycles. The third-order valence-electron chi connectivity index (χ3n) is 4.54. The summed E-state index contributed by atoms with van der Waals surface area (Å²) in [6.45, 7) is 6.77. The summed E-state index contributed by atoms with van der Waals surface area (Å²) in [5.41, 5.74) is 1.000. The smallest absolute Gasteiger partial charge is 0.409 e. The van der Waals surface area contributed by atoms with Gasteiger partial charge in [0.25, 0.3) is 0 Å². The molecule has 6 nitrogen and oxygen atoms in total. The first-order chi connectivity index (χ1) is 12.5. The molecule has 0 aliphatic carbocycles. The quantitative estimate of drug-likeness (QED) is 0.802. The number of nitrogens with zero attached hydrogens (tertiary/aromatic N) is 3. The molecule has 0 N–H and O–H groups in total. The number of hydrogen-bond acceptors (Lipinski definition) is 5. The Morgan fingerprint density at radius 3 is 2.77 bits per heavy atom. The molecule has 1 aromatic heterocycles. The molecule has 1 aliphatic heterocycles. The summed E-state index contributed by atoms with van der Waals surface area (Å²) in [5, 5.41) is 4.52. The van der Waals surface area contributed by atoms with E-state index in [2.05, 4.69) is 10.1 Å². The molecule has 2 aromatic rings. The number of ether oxygens (including phenoxy) is 1. The highest BCUT2D eigenvalue weighted by Crippen LogP contribution is 2.29. The van der Waals surface area contributed by atoms with E-state index in [1.165, 1.54) is 18.2 Å². The lowest BCUT2D eigenvalue weighted by Crippen LogP contribution is -2.49. The number of rotatable bonds is 4. The maximum Gasteiger partial charge on any atom is 0.409 e. The van der Waals surface area contributed by atoms with Crippen molar-refractivity contribution in [2.24, 2.45) is 0 Å². The summed E-state index contributed by atoms with van der Waals surface area (Å²) in [4.78, 5) is 15.7. The number of halogens is 2. The zero-order valence-corrected chi connectivity index (χ0v) is 15.5. The summed E-state index contributed by atoms with van der Waals surface area (Å²) in [5.74, 6) is -0.0650. The van der Waals surface area contributed by atoms with Crippen molar-refractivity contribution in [3.05, 3.63) is 40.8 Å². The average molecular weight is 382 g/mol. The van der Waals surface area contributed by atoms with Crippen LogP contribution in [0, 0.1) is 5.82 Å². The van der Waals surface area contributed by atoms with Gasteiger partial charge in [-0.1, -0.05) is 16.8 Å². The van der Waals surface area contributed by atoms with Crippen LogP contribution in [0.25, 0.3) is 11.3 Å². The fourth-order valence-corrected chi connectivity index (χ4v) is 3.16. The number of carbonyl (C=O) groups is 1. The van der Waals surface area contributed by atoms with E-state index in [1.807, 2.05) is 6.92 Å². The van der Waals surface area contributed by atoms with Gasteiger partial charge in [0, 0.05) is 37.3 Å². The molecule has 1 atom stereocenters. The van der Waals surface area contributed by atoms with E-state index in [0.29, 0.717) is 49.3 Å². The van der Waals surface area contributed by atoms with Crippen LogP contribution in [0.1, 0.15) is 25.6 Å². The summed E-state index contributed by atoms with van der Waals surface area (Å²) in [6.07, 6.45) is -0.278. The van der Waals surface area contributed by atoms with Crippen molar-refractivity contribution in [2.75, 3.05) is 32.8 Å². The lowest BCUT2D eigenvalue weighted by molar-refractivity contribution is 0.0675. The van der Waals surface area contributed by atoms with E-state index >= 15 is 0 Å². The summed E-state index contributed by atoms with van der Waals surface area (Å²) in [7, 11) is 0. The second kappa shape index (κ2) is 8.05.